The SMILES string of the molecule is C1=Cc2cc3ccc(cc4ccc(cc5nc(cc1n2)C=C5)[nH]4)[nH]3.[Fe].c1ccc2ncccc2c1. The maximum Gasteiger partial charge on any atom is 0.0701 e. The molecule has 2 aliphatic rings. The fourth-order valence-corrected chi connectivity index (χ4v) is 3.96. The normalized spacial score (nSPS) is 11.5. The first kappa shape index (κ1) is 22.5. The molecule has 0 aliphatic carbocycles. The Morgan fingerprint density at radius 1 is 0.486 bits per heavy atom. The van der Waals surface area contributed by atoms with Gasteiger partial charge in [-0.1, -0.05) is 24.3 Å². The van der Waals surface area contributed by atoms with Crippen molar-refractivity contribution >= 4 is 57.3 Å². The molecule has 0 spiro atoms. The van der Waals surface area contributed by atoms with Crippen LogP contribution in [0.25, 0.3) is 57.3 Å². The van der Waals surface area contributed by atoms with Crippen LogP contribution in [-0.4, -0.2) is 24.9 Å². The fraction of sp³-hybridized carbons (Fsp3) is 0. The number of fused-ring (bicyclic) bond motifs is 9. The molecular weight excluding hydrogens is 474 g/mol. The van der Waals surface area contributed by atoms with Gasteiger partial charge in [0.05, 0.1) is 28.3 Å². The van der Waals surface area contributed by atoms with Crippen molar-refractivity contribution in [3.05, 3.63) is 114 Å². The van der Waals surface area contributed by atoms with Crippen molar-refractivity contribution in [3.63, 3.8) is 0 Å². The molecule has 0 amide bonds. The summed E-state index contributed by atoms with van der Waals surface area (Å²) in [5.41, 5.74) is 8.92. The maximum atomic E-state index is 4.62. The number of hydrogen-bond acceptors (Lipinski definition) is 3. The van der Waals surface area contributed by atoms with Crippen molar-refractivity contribution in [2.45, 2.75) is 0 Å². The van der Waals surface area contributed by atoms with E-state index in [9.17, 15) is 0 Å². The van der Waals surface area contributed by atoms with Gasteiger partial charge in [0.1, 0.15) is 0 Å². The molecule has 5 nitrogen and oxygen atoms in total. The van der Waals surface area contributed by atoms with E-state index in [1.165, 1.54) is 5.39 Å². The quantitative estimate of drug-likeness (QED) is 0.225. The fourth-order valence-electron chi connectivity index (χ4n) is 3.96. The van der Waals surface area contributed by atoms with E-state index in [1.54, 1.807) is 0 Å². The molecule has 0 radical (unpaired) electrons. The smallest absolute Gasteiger partial charge is 0.0701 e. The van der Waals surface area contributed by atoms with Gasteiger partial charge < -0.3 is 9.97 Å². The number of benzene rings is 1. The average molecular weight is 495 g/mol. The van der Waals surface area contributed by atoms with Crippen molar-refractivity contribution in [1.29, 1.82) is 0 Å². The van der Waals surface area contributed by atoms with Gasteiger partial charge in [0.25, 0.3) is 0 Å². The zero-order valence-corrected chi connectivity index (χ0v) is 19.8. The summed E-state index contributed by atoms with van der Waals surface area (Å²) >= 11 is 0. The van der Waals surface area contributed by atoms with Crippen molar-refractivity contribution in [3.8, 4) is 0 Å². The summed E-state index contributed by atoms with van der Waals surface area (Å²) in [5, 5.41) is 1.20. The summed E-state index contributed by atoms with van der Waals surface area (Å²) in [6.07, 6.45) is 9.86. The summed E-state index contributed by atoms with van der Waals surface area (Å²) in [4.78, 5) is 20.2. The summed E-state index contributed by atoms with van der Waals surface area (Å²) < 4.78 is 0. The Hall–Kier alpha value is -4.25. The molecule has 35 heavy (non-hydrogen) atoms. The molecule has 0 unspecified atom stereocenters. The number of para-hydroxylation sites is 1. The van der Waals surface area contributed by atoms with Crippen LogP contribution < -0.4 is 0 Å². The second-order valence-corrected chi connectivity index (χ2v) is 8.10. The molecular formula is C29H21FeN5. The monoisotopic (exact) mass is 495 g/mol. The van der Waals surface area contributed by atoms with Crippen LogP contribution >= 0.6 is 0 Å². The summed E-state index contributed by atoms with van der Waals surface area (Å²) in [6.45, 7) is 0. The third-order valence-corrected chi connectivity index (χ3v) is 5.55. The standard InChI is InChI=1S/C20H14N4.C9H7N.Fe/c1-2-14-10-16-5-6-18(23-16)12-20-8-7-19(24-20)11-17-4-3-15(22-17)9-13(1)21-14;1-2-6-9-8(4-1)5-3-7-10-9;/h1-12,21-22H;1-7H;. The van der Waals surface area contributed by atoms with Crippen molar-refractivity contribution in [1.82, 2.24) is 24.9 Å². The number of aromatic nitrogens is 5. The molecule has 5 aromatic rings. The van der Waals surface area contributed by atoms with Crippen LogP contribution in [0.4, 0.5) is 0 Å². The molecule has 0 fully saturated rings. The molecule has 2 N–H and O–H groups in total. The third kappa shape index (κ3) is 5.30. The second kappa shape index (κ2) is 9.93. The Morgan fingerprint density at radius 3 is 1.54 bits per heavy atom. The topological polar surface area (TPSA) is 70.2 Å². The maximum absolute atomic E-state index is 4.62. The zero-order chi connectivity index (χ0) is 22.7. The number of H-pyrrole nitrogens is 2. The van der Waals surface area contributed by atoms with Gasteiger partial charge in [0.15, 0.2) is 0 Å². The van der Waals surface area contributed by atoms with E-state index < -0.39 is 0 Å². The van der Waals surface area contributed by atoms with E-state index in [0.29, 0.717) is 0 Å². The molecule has 2 aliphatic heterocycles. The van der Waals surface area contributed by atoms with E-state index in [-0.39, 0.29) is 17.1 Å². The van der Waals surface area contributed by atoms with Crippen LogP contribution in [0.3, 0.4) is 0 Å². The van der Waals surface area contributed by atoms with Gasteiger partial charge in [-0.3, -0.25) is 4.98 Å². The van der Waals surface area contributed by atoms with Crippen LogP contribution in [0.5, 0.6) is 0 Å². The Balaban J connectivity index is 0.000000194. The second-order valence-electron chi connectivity index (χ2n) is 8.10. The molecule has 4 aromatic heterocycles. The van der Waals surface area contributed by atoms with Crippen LogP contribution in [0.2, 0.25) is 0 Å². The van der Waals surface area contributed by atoms with Gasteiger partial charge in [-0.25, -0.2) is 9.97 Å². The number of pyridine rings is 1. The first-order valence-electron chi connectivity index (χ1n) is 11.1. The molecule has 6 heteroatoms. The molecule has 170 valence electrons. The largest absolute Gasteiger partial charge is 0.355 e. The number of aromatic amines is 2. The first-order chi connectivity index (χ1) is 16.8. The molecule has 7 rings (SSSR count). The third-order valence-electron chi connectivity index (χ3n) is 5.55. The van der Waals surface area contributed by atoms with Gasteiger partial charge in [-0.05, 0) is 85.0 Å². The van der Waals surface area contributed by atoms with Gasteiger partial charge in [0, 0.05) is 50.7 Å². The Morgan fingerprint density at radius 2 is 0.971 bits per heavy atom. The van der Waals surface area contributed by atoms with Crippen molar-refractivity contribution in [2.24, 2.45) is 0 Å². The van der Waals surface area contributed by atoms with E-state index in [0.717, 1.165) is 50.4 Å². The number of rotatable bonds is 0. The van der Waals surface area contributed by atoms with E-state index in [4.69, 9.17) is 0 Å². The van der Waals surface area contributed by atoms with Gasteiger partial charge in [-0.2, -0.15) is 0 Å². The average Bonchev–Trinajstić information content (AvgIpc) is 3.66. The Kier molecular flexibility index (Phi) is 6.40. The minimum atomic E-state index is 0. The summed E-state index contributed by atoms with van der Waals surface area (Å²) in [5.74, 6) is 0. The van der Waals surface area contributed by atoms with E-state index in [2.05, 4.69) is 67.4 Å². The van der Waals surface area contributed by atoms with Crippen LogP contribution in [0.15, 0.2) is 91.1 Å². The van der Waals surface area contributed by atoms with Crippen molar-refractivity contribution in [2.75, 3.05) is 0 Å². The van der Waals surface area contributed by atoms with Crippen LogP contribution in [-0.2, 0) is 17.1 Å². The molecule has 1 aromatic carbocycles. The number of nitrogens with zero attached hydrogens (tertiary/aromatic N) is 3. The van der Waals surface area contributed by atoms with Gasteiger partial charge >= 0.3 is 0 Å². The van der Waals surface area contributed by atoms with Crippen molar-refractivity contribution < 1.29 is 17.1 Å². The van der Waals surface area contributed by atoms with E-state index >= 15 is 0 Å². The number of nitrogens with one attached hydrogen (secondary N) is 2. The minimum Gasteiger partial charge on any atom is -0.355 e. The summed E-state index contributed by atoms with van der Waals surface area (Å²) in [7, 11) is 0. The summed E-state index contributed by atoms with van der Waals surface area (Å²) in [6, 6.07) is 28.5. The first-order valence-corrected chi connectivity index (χ1v) is 11.1. The molecule has 0 saturated carbocycles. The number of hydrogen-bond donors (Lipinski definition) is 2. The Bertz CT molecular complexity index is 1570. The molecule has 6 heterocycles. The predicted molar refractivity (Wildman–Crippen MR) is 141 cm³/mol. The minimum absolute atomic E-state index is 0. The Labute approximate surface area is 212 Å². The van der Waals surface area contributed by atoms with E-state index in [1.807, 2.05) is 73.0 Å². The van der Waals surface area contributed by atoms with Gasteiger partial charge in [0.2, 0.25) is 0 Å². The molecule has 8 bridgehead atoms. The van der Waals surface area contributed by atoms with Gasteiger partial charge in [-0.15, -0.1) is 0 Å². The molecule has 0 saturated heterocycles. The van der Waals surface area contributed by atoms with Crippen LogP contribution in [0, 0.1) is 0 Å². The predicted octanol–water partition coefficient (Wildman–Crippen LogP) is 6.89. The molecule has 0 atom stereocenters. The van der Waals surface area contributed by atoms with Crippen LogP contribution in [0.1, 0.15) is 22.8 Å². The zero-order valence-electron chi connectivity index (χ0n) is 18.7.